The number of nitrogens with zero attached hydrogens (tertiary/aromatic N) is 1. The number of aromatic nitrogens is 1. The van der Waals surface area contributed by atoms with Crippen molar-refractivity contribution in [3.63, 3.8) is 0 Å². The van der Waals surface area contributed by atoms with Gasteiger partial charge >= 0.3 is 0 Å². The average Bonchev–Trinajstić information content (AvgIpc) is 2.49. The molecule has 1 aromatic heterocycles. The van der Waals surface area contributed by atoms with Crippen LogP contribution in [0.1, 0.15) is 18.4 Å². The molecule has 0 bridgehead atoms. The molecular weight excluding hydrogens is 303 g/mol. The summed E-state index contributed by atoms with van der Waals surface area (Å²) in [6.07, 6.45) is 6.49. The minimum absolute atomic E-state index is 0. The Balaban J connectivity index is 0.00000110. The van der Waals surface area contributed by atoms with Crippen LogP contribution in [0.25, 0.3) is 17.3 Å². The van der Waals surface area contributed by atoms with Crippen LogP contribution in [0.2, 0.25) is 0 Å². The van der Waals surface area contributed by atoms with Gasteiger partial charge in [-0.15, -0.1) is 24.8 Å². The Morgan fingerprint density at radius 1 is 0.952 bits per heavy atom. The maximum Gasteiger partial charge on any atom is 0.0702 e. The summed E-state index contributed by atoms with van der Waals surface area (Å²) >= 11 is 0. The van der Waals surface area contributed by atoms with Gasteiger partial charge < -0.3 is 5.32 Å². The van der Waals surface area contributed by atoms with Gasteiger partial charge in [0.25, 0.3) is 0 Å². The summed E-state index contributed by atoms with van der Waals surface area (Å²) in [5, 5.41) is 3.39. The Kier molecular flexibility index (Phi) is 7.44. The molecule has 0 unspecified atom stereocenters. The number of nitrogens with one attached hydrogen (secondary N) is 1. The first-order valence-corrected chi connectivity index (χ1v) is 6.83. The lowest BCUT2D eigenvalue weighted by molar-refractivity contribution is 0.613. The predicted octanol–water partition coefficient (Wildman–Crippen LogP) is 4.36. The third-order valence-electron chi connectivity index (χ3n) is 3.46. The SMILES string of the molecule is C(=C1CCNCC1)c1cccc(-c2ccccn2)c1.Cl.Cl. The van der Waals surface area contributed by atoms with Crippen molar-refractivity contribution < 1.29 is 0 Å². The van der Waals surface area contributed by atoms with E-state index in [0.717, 1.165) is 31.6 Å². The van der Waals surface area contributed by atoms with E-state index in [-0.39, 0.29) is 24.8 Å². The summed E-state index contributed by atoms with van der Waals surface area (Å²) in [7, 11) is 0. The van der Waals surface area contributed by atoms with Gasteiger partial charge in [-0.3, -0.25) is 4.98 Å². The highest BCUT2D eigenvalue weighted by atomic mass is 35.5. The van der Waals surface area contributed by atoms with Crippen molar-refractivity contribution in [1.29, 1.82) is 0 Å². The highest BCUT2D eigenvalue weighted by Crippen LogP contribution is 2.21. The zero-order chi connectivity index (χ0) is 12.9. The van der Waals surface area contributed by atoms with Gasteiger partial charge in [0.05, 0.1) is 5.69 Å². The second kappa shape index (κ2) is 8.83. The maximum absolute atomic E-state index is 4.41. The summed E-state index contributed by atoms with van der Waals surface area (Å²) in [4.78, 5) is 4.41. The van der Waals surface area contributed by atoms with E-state index in [2.05, 4.69) is 46.7 Å². The third kappa shape index (κ3) is 4.85. The molecule has 1 fully saturated rings. The molecule has 1 aliphatic heterocycles. The lowest BCUT2D eigenvalue weighted by atomic mass is 10.0. The Morgan fingerprint density at radius 3 is 2.48 bits per heavy atom. The van der Waals surface area contributed by atoms with Crippen LogP contribution >= 0.6 is 24.8 Å². The summed E-state index contributed by atoms with van der Waals surface area (Å²) in [6.45, 7) is 2.21. The first kappa shape index (κ1) is 17.7. The second-order valence-corrected chi connectivity index (χ2v) is 4.89. The zero-order valence-electron chi connectivity index (χ0n) is 11.8. The van der Waals surface area contributed by atoms with Crippen molar-refractivity contribution in [2.75, 3.05) is 13.1 Å². The number of hydrogen-bond donors (Lipinski definition) is 1. The quantitative estimate of drug-likeness (QED) is 0.888. The van der Waals surface area contributed by atoms with Crippen LogP contribution < -0.4 is 5.32 Å². The Bertz CT molecular complexity index is 574. The van der Waals surface area contributed by atoms with Crippen molar-refractivity contribution in [1.82, 2.24) is 10.3 Å². The van der Waals surface area contributed by atoms with E-state index in [4.69, 9.17) is 0 Å². The monoisotopic (exact) mass is 322 g/mol. The number of halogens is 2. The van der Waals surface area contributed by atoms with E-state index in [9.17, 15) is 0 Å². The Hall–Kier alpha value is -1.35. The third-order valence-corrected chi connectivity index (χ3v) is 3.46. The van der Waals surface area contributed by atoms with Crippen LogP contribution in [-0.2, 0) is 0 Å². The normalized spacial score (nSPS) is 13.8. The largest absolute Gasteiger partial charge is 0.316 e. The van der Waals surface area contributed by atoms with Crippen LogP contribution in [-0.4, -0.2) is 18.1 Å². The van der Waals surface area contributed by atoms with E-state index >= 15 is 0 Å². The van der Waals surface area contributed by atoms with E-state index < -0.39 is 0 Å². The molecule has 0 aliphatic carbocycles. The molecule has 112 valence electrons. The van der Waals surface area contributed by atoms with Gasteiger partial charge in [0.1, 0.15) is 0 Å². The molecule has 1 aliphatic rings. The molecule has 0 saturated carbocycles. The van der Waals surface area contributed by atoms with Crippen LogP contribution in [0.15, 0.2) is 54.2 Å². The Morgan fingerprint density at radius 2 is 1.76 bits per heavy atom. The summed E-state index contributed by atoms with van der Waals surface area (Å²) in [5.74, 6) is 0. The van der Waals surface area contributed by atoms with Crippen LogP contribution in [0.3, 0.4) is 0 Å². The molecule has 0 spiro atoms. The molecule has 2 heterocycles. The van der Waals surface area contributed by atoms with Gasteiger partial charge in [0, 0.05) is 11.8 Å². The lowest BCUT2D eigenvalue weighted by Crippen LogP contribution is -2.22. The molecule has 3 rings (SSSR count). The van der Waals surface area contributed by atoms with Crippen molar-refractivity contribution in [2.45, 2.75) is 12.8 Å². The predicted molar refractivity (Wildman–Crippen MR) is 94.2 cm³/mol. The fraction of sp³-hybridized carbons (Fsp3) is 0.235. The van der Waals surface area contributed by atoms with Crippen LogP contribution in [0.5, 0.6) is 0 Å². The molecule has 2 nitrogen and oxygen atoms in total. The van der Waals surface area contributed by atoms with Crippen LogP contribution in [0, 0.1) is 0 Å². The maximum atomic E-state index is 4.41. The number of piperidine rings is 1. The second-order valence-electron chi connectivity index (χ2n) is 4.89. The summed E-state index contributed by atoms with van der Waals surface area (Å²) in [5.41, 5.74) is 5.04. The minimum atomic E-state index is 0. The first-order chi connectivity index (χ1) is 9.42. The molecule has 1 N–H and O–H groups in total. The van der Waals surface area contributed by atoms with E-state index in [0.29, 0.717) is 0 Å². The lowest BCUT2D eigenvalue weighted by Gasteiger charge is -2.15. The highest BCUT2D eigenvalue weighted by molar-refractivity contribution is 5.85. The highest BCUT2D eigenvalue weighted by Gasteiger charge is 2.05. The number of hydrogen-bond acceptors (Lipinski definition) is 2. The number of benzene rings is 1. The van der Waals surface area contributed by atoms with Crippen molar-refractivity contribution in [2.24, 2.45) is 0 Å². The van der Waals surface area contributed by atoms with Gasteiger partial charge in [0.15, 0.2) is 0 Å². The molecule has 4 heteroatoms. The summed E-state index contributed by atoms with van der Waals surface area (Å²) < 4.78 is 0. The topological polar surface area (TPSA) is 24.9 Å². The summed E-state index contributed by atoms with van der Waals surface area (Å²) in [6, 6.07) is 14.6. The van der Waals surface area contributed by atoms with Gasteiger partial charge in [-0.05, 0) is 49.7 Å². The van der Waals surface area contributed by atoms with E-state index in [1.807, 2.05) is 18.3 Å². The molecule has 1 saturated heterocycles. The molecule has 0 amide bonds. The smallest absolute Gasteiger partial charge is 0.0702 e. The fourth-order valence-electron chi connectivity index (χ4n) is 2.45. The standard InChI is InChI=1S/C17H18N2.2ClH/c1-2-9-19-17(6-1)16-5-3-4-15(13-16)12-14-7-10-18-11-8-14;;/h1-6,9,12-13,18H,7-8,10-11H2;2*1H. The minimum Gasteiger partial charge on any atom is -0.316 e. The van der Waals surface area contributed by atoms with Crippen molar-refractivity contribution in [3.05, 3.63) is 59.8 Å². The van der Waals surface area contributed by atoms with Crippen molar-refractivity contribution in [3.8, 4) is 11.3 Å². The first-order valence-electron chi connectivity index (χ1n) is 6.83. The van der Waals surface area contributed by atoms with E-state index in [1.54, 1.807) is 0 Å². The molecule has 1 aromatic carbocycles. The molecule has 0 atom stereocenters. The molecule has 0 radical (unpaired) electrons. The van der Waals surface area contributed by atoms with Gasteiger partial charge in [0.2, 0.25) is 0 Å². The van der Waals surface area contributed by atoms with E-state index in [1.165, 1.54) is 16.7 Å². The van der Waals surface area contributed by atoms with Crippen molar-refractivity contribution >= 4 is 30.9 Å². The molecule has 2 aromatic rings. The molecular formula is C17H20Cl2N2. The fourth-order valence-corrected chi connectivity index (χ4v) is 2.45. The number of pyridine rings is 1. The molecule has 21 heavy (non-hydrogen) atoms. The van der Waals surface area contributed by atoms with Gasteiger partial charge in [-0.1, -0.05) is 35.9 Å². The average molecular weight is 323 g/mol. The van der Waals surface area contributed by atoms with Gasteiger partial charge in [-0.2, -0.15) is 0 Å². The zero-order valence-corrected chi connectivity index (χ0v) is 13.4. The van der Waals surface area contributed by atoms with Crippen LogP contribution in [0.4, 0.5) is 0 Å². The Labute approximate surface area is 138 Å². The number of rotatable bonds is 2. The van der Waals surface area contributed by atoms with Gasteiger partial charge in [-0.25, -0.2) is 0 Å².